The van der Waals surface area contributed by atoms with Crippen molar-refractivity contribution >= 4 is 24.2 Å². The number of hydrogen-bond acceptors (Lipinski definition) is 5. The van der Waals surface area contributed by atoms with E-state index in [2.05, 4.69) is 5.32 Å². The molecule has 3 aromatic carbocycles. The molecule has 4 rings (SSSR count). The van der Waals surface area contributed by atoms with Gasteiger partial charge in [-0.25, -0.2) is 0 Å². The molecule has 0 unspecified atom stereocenters. The number of fused-ring (bicyclic) bond motifs is 1. The van der Waals surface area contributed by atoms with Gasteiger partial charge in [0.15, 0.2) is 0 Å². The Morgan fingerprint density at radius 1 is 0.935 bits per heavy atom. The summed E-state index contributed by atoms with van der Waals surface area (Å²) in [6, 6.07) is 25.2. The molecule has 6 nitrogen and oxygen atoms in total. The van der Waals surface area contributed by atoms with Crippen LogP contribution in [0.15, 0.2) is 89.5 Å². The predicted molar refractivity (Wildman–Crippen MR) is 119 cm³/mol. The lowest BCUT2D eigenvalue weighted by molar-refractivity contribution is -0.123. The first-order valence-electron chi connectivity index (χ1n) is 9.99. The fourth-order valence-corrected chi connectivity index (χ4v) is 3.53. The molecule has 0 spiro atoms. The summed E-state index contributed by atoms with van der Waals surface area (Å²) in [6.45, 7) is 0. The number of para-hydroxylation sites is 1. The fraction of sp³-hybridized carbons (Fsp3) is 0.125. The SMILES string of the molecule is O=C(Cc1ccc(-c2ccccc2)cc1)N[C@H](Cc1coc2ccccc12)OB(O)O. The lowest BCUT2D eigenvalue weighted by atomic mass is 10.0. The van der Waals surface area contributed by atoms with Gasteiger partial charge in [0.1, 0.15) is 11.8 Å². The molecule has 0 aliphatic rings. The van der Waals surface area contributed by atoms with Gasteiger partial charge in [-0.1, -0.05) is 72.8 Å². The lowest BCUT2D eigenvalue weighted by Crippen LogP contribution is -2.43. The van der Waals surface area contributed by atoms with Crippen LogP contribution in [0.25, 0.3) is 22.1 Å². The summed E-state index contributed by atoms with van der Waals surface area (Å²) in [5, 5.41) is 22.1. The van der Waals surface area contributed by atoms with Crippen LogP contribution in [0.1, 0.15) is 11.1 Å². The van der Waals surface area contributed by atoms with E-state index in [1.54, 1.807) is 6.26 Å². The topological polar surface area (TPSA) is 91.9 Å². The van der Waals surface area contributed by atoms with Gasteiger partial charge in [0, 0.05) is 17.4 Å². The molecule has 0 bridgehead atoms. The third kappa shape index (κ3) is 5.41. The molecule has 1 heterocycles. The van der Waals surface area contributed by atoms with Crippen LogP contribution in [-0.4, -0.2) is 29.5 Å². The molecule has 1 amide bonds. The second kappa shape index (κ2) is 9.62. The highest BCUT2D eigenvalue weighted by Crippen LogP contribution is 2.22. The van der Waals surface area contributed by atoms with Crippen LogP contribution in [0.4, 0.5) is 0 Å². The van der Waals surface area contributed by atoms with Crippen molar-refractivity contribution in [3.05, 3.63) is 96.3 Å². The number of amides is 1. The molecule has 1 aromatic heterocycles. The van der Waals surface area contributed by atoms with Crippen LogP contribution in [0.2, 0.25) is 0 Å². The van der Waals surface area contributed by atoms with Gasteiger partial charge in [0.2, 0.25) is 5.91 Å². The molecular formula is C24H22BNO5. The first-order valence-corrected chi connectivity index (χ1v) is 9.99. The van der Waals surface area contributed by atoms with Gasteiger partial charge in [-0.15, -0.1) is 0 Å². The number of carbonyl (C=O) groups excluding carboxylic acids is 1. The molecule has 4 aromatic rings. The third-order valence-electron chi connectivity index (χ3n) is 5.00. The Morgan fingerprint density at radius 2 is 1.61 bits per heavy atom. The zero-order valence-corrected chi connectivity index (χ0v) is 16.8. The molecule has 31 heavy (non-hydrogen) atoms. The summed E-state index contributed by atoms with van der Waals surface area (Å²) >= 11 is 0. The Bertz CT molecular complexity index is 1140. The number of rotatable bonds is 8. The van der Waals surface area contributed by atoms with Crippen LogP contribution in [0.5, 0.6) is 0 Å². The van der Waals surface area contributed by atoms with Gasteiger partial charge in [-0.2, -0.15) is 0 Å². The average Bonchev–Trinajstić information content (AvgIpc) is 3.17. The molecule has 0 aliphatic carbocycles. The van der Waals surface area contributed by atoms with Crippen molar-refractivity contribution in [2.75, 3.05) is 0 Å². The van der Waals surface area contributed by atoms with Crippen molar-refractivity contribution in [1.82, 2.24) is 5.32 Å². The Labute approximate surface area is 180 Å². The molecule has 0 aliphatic heterocycles. The van der Waals surface area contributed by atoms with Gasteiger partial charge in [-0.3, -0.25) is 4.79 Å². The van der Waals surface area contributed by atoms with E-state index in [9.17, 15) is 14.8 Å². The molecule has 0 radical (unpaired) electrons. The average molecular weight is 415 g/mol. The van der Waals surface area contributed by atoms with Crippen molar-refractivity contribution in [2.24, 2.45) is 0 Å². The number of nitrogens with one attached hydrogen (secondary N) is 1. The lowest BCUT2D eigenvalue weighted by Gasteiger charge is -2.19. The van der Waals surface area contributed by atoms with E-state index in [1.807, 2.05) is 78.9 Å². The minimum Gasteiger partial charge on any atom is -0.464 e. The van der Waals surface area contributed by atoms with Gasteiger partial charge in [0.05, 0.1) is 12.7 Å². The molecule has 3 N–H and O–H groups in total. The normalized spacial score (nSPS) is 11.9. The maximum Gasteiger partial charge on any atom is 0.635 e. The molecule has 156 valence electrons. The minimum absolute atomic E-state index is 0.141. The maximum atomic E-state index is 12.6. The molecular weight excluding hydrogens is 393 g/mol. The molecule has 0 saturated carbocycles. The highest BCUT2D eigenvalue weighted by molar-refractivity contribution is 6.32. The van der Waals surface area contributed by atoms with E-state index < -0.39 is 13.5 Å². The summed E-state index contributed by atoms with van der Waals surface area (Å²) in [4.78, 5) is 12.6. The molecule has 0 saturated heterocycles. The quantitative estimate of drug-likeness (QED) is 0.303. The Morgan fingerprint density at radius 3 is 2.35 bits per heavy atom. The molecule has 7 heteroatoms. The van der Waals surface area contributed by atoms with Crippen molar-refractivity contribution in [3.63, 3.8) is 0 Å². The van der Waals surface area contributed by atoms with Crippen molar-refractivity contribution in [2.45, 2.75) is 19.1 Å². The van der Waals surface area contributed by atoms with Gasteiger partial charge >= 0.3 is 7.32 Å². The van der Waals surface area contributed by atoms with E-state index >= 15 is 0 Å². The second-order valence-electron chi connectivity index (χ2n) is 7.22. The van der Waals surface area contributed by atoms with Crippen LogP contribution < -0.4 is 5.32 Å². The number of hydrogen-bond donors (Lipinski definition) is 3. The smallest absolute Gasteiger partial charge is 0.464 e. The van der Waals surface area contributed by atoms with Crippen LogP contribution in [-0.2, 0) is 22.3 Å². The van der Waals surface area contributed by atoms with E-state index in [0.29, 0.717) is 5.58 Å². The number of benzene rings is 3. The first-order chi connectivity index (χ1) is 15.1. The highest BCUT2D eigenvalue weighted by atomic mass is 16.6. The molecule has 1 atom stereocenters. The van der Waals surface area contributed by atoms with Crippen LogP contribution in [0, 0.1) is 0 Å². The standard InChI is InChI=1S/C24H22BNO5/c27-23(14-17-10-12-19(13-11-17)18-6-2-1-3-7-18)26-24(31-25(28)29)15-20-16-30-22-9-5-4-8-21(20)22/h1-13,16,24,28-29H,14-15H2,(H,26,27)/t24-/m0/s1. The summed E-state index contributed by atoms with van der Waals surface area (Å²) in [7, 11) is -2.01. The highest BCUT2D eigenvalue weighted by Gasteiger charge is 2.22. The van der Waals surface area contributed by atoms with Crippen molar-refractivity contribution in [3.8, 4) is 11.1 Å². The number of furan rings is 1. The third-order valence-corrected chi connectivity index (χ3v) is 5.00. The summed E-state index contributed by atoms with van der Waals surface area (Å²) in [5.41, 5.74) is 4.53. The van der Waals surface area contributed by atoms with Crippen LogP contribution >= 0.6 is 0 Å². The van der Waals surface area contributed by atoms with E-state index in [1.165, 1.54) is 0 Å². The monoisotopic (exact) mass is 415 g/mol. The van der Waals surface area contributed by atoms with Gasteiger partial charge < -0.3 is 24.4 Å². The van der Waals surface area contributed by atoms with Crippen molar-refractivity contribution in [1.29, 1.82) is 0 Å². The fourth-order valence-electron chi connectivity index (χ4n) is 3.53. The van der Waals surface area contributed by atoms with E-state index in [-0.39, 0.29) is 18.7 Å². The summed E-state index contributed by atoms with van der Waals surface area (Å²) in [5.74, 6) is -0.286. The largest absolute Gasteiger partial charge is 0.635 e. The Kier molecular flexibility index (Phi) is 6.47. The number of carbonyl (C=O) groups is 1. The van der Waals surface area contributed by atoms with Gasteiger partial charge in [-0.05, 0) is 22.8 Å². The second-order valence-corrected chi connectivity index (χ2v) is 7.22. The van der Waals surface area contributed by atoms with E-state index in [0.717, 1.165) is 27.6 Å². The zero-order valence-electron chi connectivity index (χ0n) is 16.8. The first kappa shape index (κ1) is 20.9. The van der Waals surface area contributed by atoms with Gasteiger partial charge in [0.25, 0.3) is 0 Å². The summed E-state index contributed by atoms with van der Waals surface area (Å²) < 4.78 is 10.6. The Balaban J connectivity index is 1.41. The van der Waals surface area contributed by atoms with Crippen LogP contribution in [0.3, 0.4) is 0 Å². The zero-order chi connectivity index (χ0) is 21.6. The molecule has 0 fully saturated rings. The van der Waals surface area contributed by atoms with E-state index in [4.69, 9.17) is 9.07 Å². The Hall–Kier alpha value is -3.39. The maximum absolute atomic E-state index is 12.6. The predicted octanol–water partition coefficient (Wildman–Crippen LogP) is 3.31. The van der Waals surface area contributed by atoms with Crippen molar-refractivity contribution < 1.29 is 23.9 Å². The summed E-state index contributed by atoms with van der Waals surface area (Å²) in [6.07, 6.45) is 1.03. The minimum atomic E-state index is -2.01.